The number of carbonyl (C=O) groups is 2. The lowest BCUT2D eigenvalue weighted by Gasteiger charge is -2.18. The molecular weight excluding hydrogens is 356 g/mol. The van der Waals surface area contributed by atoms with E-state index in [2.05, 4.69) is 5.32 Å². The number of esters is 1. The SMILES string of the molecule is COC(=O)c1c(N)c(C#N)cn1-c1ccccc1C(=O)NC1CCCCCC1. The van der Waals surface area contributed by atoms with Crippen LogP contribution in [0.5, 0.6) is 0 Å². The Bertz CT molecular complexity index is 918. The second kappa shape index (κ2) is 8.61. The fourth-order valence-corrected chi connectivity index (χ4v) is 3.67. The van der Waals surface area contributed by atoms with Crippen molar-refractivity contribution in [1.29, 1.82) is 5.26 Å². The van der Waals surface area contributed by atoms with Gasteiger partial charge in [-0.25, -0.2) is 4.79 Å². The maximum Gasteiger partial charge on any atom is 0.357 e. The van der Waals surface area contributed by atoms with Gasteiger partial charge < -0.3 is 20.4 Å². The number of nitrogens with two attached hydrogens (primary N) is 1. The molecule has 1 fully saturated rings. The number of hydrogen-bond donors (Lipinski definition) is 2. The summed E-state index contributed by atoms with van der Waals surface area (Å²) >= 11 is 0. The molecule has 2 aromatic rings. The van der Waals surface area contributed by atoms with E-state index < -0.39 is 5.97 Å². The van der Waals surface area contributed by atoms with Gasteiger partial charge in [0.2, 0.25) is 0 Å². The number of methoxy groups -OCH3 is 1. The van der Waals surface area contributed by atoms with E-state index in [0.29, 0.717) is 11.3 Å². The average molecular weight is 380 g/mol. The number of amides is 1. The number of anilines is 1. The third kappa shape index (κ3) is 3.86. The zero-order chi connectivity index (χ0) is 20.1. The zero-order valence-electron chi connectivity index (χ0n) is 15.9. The molecule has 1 aromatic carbocycles. The first-order valence-corrected chi connectivity index (χ1v) is 9.46. The molecule has 1 aromatic heterocycles. The first kappa shape index (κ1) is 19.5. The van der Waals surface area contributed by atoms with Crippen molar-refractivity contribution in [2.24, 2.45) is 0 Å². The number of aromatic nitrogens is 1. The number of para-hydroxylation sites is 1. The van der Waals surface area contributed by atoms with Crippen molar-refractivity contribution < 1.29 is 14.3 Å². The predicted octanol–water partition coefficient (Wildman–Crippen LogP) is 3.17. The fourth-order valence-electron chi connectivity index (χ4n) is 3.67. The topological polar surface area (TPSA) is 110 Å². The Morgan fingerprint density at radius 2 is 1.89 bits per heavy atom. The number of hydrogen-bond acceptors (Lipinski definition) is 5. The van der Waals surface area contributed by atoms with Crippen LogP contribution in [0.25, 0.3) is 5.69 Å². The number of rotatable bonds is 4. The number of nitrogens with one attached hydrogen (secondary N) is 1. The Kier molecular flexibility index (Phi) is 5.99. The van der Waals surface area contributed by atoms with Gasteiger partial charge in [-0.05, 0) is 25.0 Å². The monoisotopic (exact) mass is 380 g/mol. The molecule has 0 bridgehead atoms. The highest BCUT2D eigenvalue weighted by Crippen LogP contribution is 2.27. The van der Waals surface area contributed by atoms with Crippen LogP contribution in [0.1, 0.15) is 64.9 Å². The van der Waals surface area contributed by atoms with Crippen LogP contribution in [-0.4, -0.2) is 29.6 Å². The van der Waals surface area contributed by atoms with Crippen LogP contribution in [0, 0.1) is 11.3 Å². The minimum absolute atomic E-state index is 0.0355. The van der Waals surface area contributed by atoms with E-state index in [0.717, 1.165) is 25.7 Å². The Balaban J connectivity index is 2.00. The van der Waals surface area contributed by atoms with Crippen molar-refractivity contribution in [3.63, 3.8) is 0 Å². The van der Waals surface area contributed by atoms with Crippen LogP contribution in [0.2, 0.25) is 0 Å². The molecule has 0 unspecified atom stereocenters. The number of nitrogen functional groups attached to an aromatic ring is 1. The molecule has 3 rings (SSSR count). The first-order chi connectivity index (χ1) is 13.6. The molecule has 7 heteroatoms. The van der Waals surface area contributed by atoms with Gasteiger partial charge in [0, 0.05) is 12.2 Å². The van der Waals surface area contributed by atoms with Gasteiger partial charge in [-0.3, -0.25) is 4.79 Å². The van der Waals surface area contributed by atoms with Gasteiger partial charge in [-0.2, -0.15) is 5.26 Å². The molecule has 1 saturated carbocycles. The summed E-state index contributed by atoms with van der Waals surface area (Å²) in [6.45, 7) is 0. The van der Waals surface area contributed by atoms with Gasteiger partial charge in [0.05, 0.1) is 29.6 Å². The van der Waals surface area contributed by atoms with E-state index in [1.165, 1.54) is 30.7 Å². The van der Waals surface area contributed by atoms with Crippen LogP contribution in [0.4, 0.5) is 5.69 Å². The van der Waals surface area contributed by atoms with Crippen molar-refractivity contribution in [3.8, 4) is 11.8 Å². The van der Waals surface area contributed by atoms with Crippen LogP contribution in [0.3, 0.4) is 0 Å². The molecule has 0 radical (unpaired) electrons. The van der Waals surface area contributed by atoms with Crippen LogP contribution in [-0.2, 0) is 4.74 Å². The zero-order valence-corrected chi connectivity index (χ0v) is 15.9. The van der Waals surface area contributed by atoms with Gasteiger partial charge in [0.1, 0.15) is 6.07 Å². The standard InChI is InChI=1S/C21H24N4O3/c1-28-21(27)19-18(23)14(12-22)13-25(19)17-11-7-6-10-16(17)20(26)24-15-8-4-2-3-5-9-15/h6-7,10-11,13,15H,2-5,8-9,23H2,1H3,(H,24,26). The van der Waals surface area contributed by atoms with E-state index in [1.807, 2.05) is 6.07 Å². The van der Waals surface area contributed by atoms with Crippen molar-refractivity contribution in [2.45, 2.75) is 44.6 Å². The maximum absolute atomic E-state index is 13.0. The van der Waals surface area contributed by atoms with E-state index in [9.17, 15) is 14.9 Å². The Hall–Kier alpha value is -3.27. The second-order valence-corrected chi connectivity index (χ2v) is 6.96. The molecule has 1 aliphatic rings. The van der Waals surface area contributed by atoms with E-state index in [-0.39, 0.29) is 28.9 Å². The molecule has 0 atom stereocenters. The van der Waals surface area contributed by atoms with Gasteiger partial charge in [-0.1, -0.05) is 37.8 Å². The highest BCUT2D eigenvalue weighted by Gasteiger charge is 2.25. The lowest BCUT2D eigenvalue weighted by Crippen LogP contribution is -2.35. The molecule has 0 aliphatic heterocycles. The number of ether oxygens (including phenoxy) is 1. The number of nitriles is 1. The van der Waals surface area contributed by atoms with E-state index in [4.69, 9.17) is 10.5 Å². The number of carbonyl (C=O) groups excluding carboxylic acids is 2. The quantitative estimate of drug-likeness (QED) is 0.625. The largest absolute Gasteiger partial charge is 0.464 e. The molecule has 3 N–H and O–H groups in total. The highest BCUT2D eigenvalue weighted by molar-refractivity contribution is 6.00. The molecule has 1 amide bonds. The van der Waals surface area contributed by atoms with Crippen molar-refractivity contribution in [3.05, 3.63) is 47.3 Å². The Morgan fingerprint density at radius 3 is 2.54 bits per heavy atom. The minimum atomic E-state index is -0.669. The molecule has 1 heterocycles. The molecule has 146 valence electrons. The first-order valence-electron chi connectivity index (χ1n) is 9.46. The summed E-state index contributed by atoms with van der Waals surface area (Å²) in [6.07, 6.45) is 8.01. The van der Waals surface area contributed by atoms with Crippen LogP contribution < -0.4 is 11.1 Å². The van der Waals surface area contributed by atoms with Crippen molar-refractivity contribution in [1.82, 2.24) is 9.88 Å². The summed E-state index contributed by atoms with van der Waals surface area (Å²) in [7, 11) is 1.25. The molecular formula is C21H24N4O3. The van der Waals surface area contributed by atoms with Gasteiger partial charge in [0.15, 0.2) is 5.69 Å². The summed E-state index contributed by atoms with van der Waals surface area (Å²) in [5.41, 5.74) is 7.09. The third-order valence-corrected chi connectivity index (χ3v) is 5.14. The second-order valence-electron chi connectivity index (χ2n) is 6.96. The number of benzene rings is 1. The highest BCUT2D eigenvalue weighted by atomic mass is 16.5. The summed E-state index contributed by atoms with van der Waals surface area (Å²) in [5, 5.41) is 12.4. The molecule has 7 nitrogen and oxygen atoms in total. The maximum atomic E-state index is 13.0. The average Bonchev–Trinajstić information content (AvgIpc) is 2.86. The summed E-state index contributed by atoms with van der Waals surface area (Å²) in [4.78, 5) is 25.3. The normalized spacial score (nSPS) is 14.7. The molecule has 0 spiro atoms. The van der Waals surface area contributed by atoms with Crippen LogP contribution >= 0.6 is 0 Å². The van der Waals surface area contributed by atoms with Gasteiger partial charge >= 0.3 is 5.97 Å². The molecule has 28 heavy (non-hydrogen) atoms. The molecule has 1 aliphatic carbocycles. The summed E-state index contributed by atoms with van der Waals surface area (Å²) in [5.74, 6) is -0.873. The Morgan fingerprint density at radius 1 is 1.21 bits per heavy atom. The van der Waals surface area contributed by atoms with Crippen LogP contribution in [0.15, 0.2) is 30.5 Å². The summed E-state index contributed by atoms with van der Waals surface area (Å²) < 4.78 is 6.28. The van der Waals surface area contributed by atoms with E-state index >= 15 is 0 Å². The number of nitrogens with zero attached hydrogens (tertiary/aromatic N) is 2. The third-order valence-electron chi connectivity index (χ3n) is 5.14. The van der Waals surface area contributed by atoms with Gasteiger partial charge in [0.25, 0.3) is 5.91 Å². The summed E-state index contributed by atoms with van der Waals surface area (Å²) in [6, 6.07) is 9.06. The van der Waals surface area contributed by atoms with Crippen molar-refractivity contribution >= 4 is 17.6 Å². The lowest BCUT2D eigenvalue weighted by molar-refractivity contribution is 0.0592. The Labute approximate surface area is 164 Å². The van der Waals surface area contributed by atoms with Crippen molar-refractivity contribution in [2.75, 3.05) is 12.8 Å². The minimum Gasteiger partial charge on any atom is -0.464 e. The molecule has 0 saturated heterocycles. The van der Waals surface area contributed by atoms with Gasteiger partial charge in [-0.15, -0.1) is 0 Å². The lowest BCUT2D eigenvalue weighted by atomic mass is 10.1. The fraction of sp³-hybridized carbons (Fsp3) is 0.381. The van der Waals surface area contributed by atoms with E-state index in [1.54, 1.807) is 24.3 Å². The smallest absolute Gasteiger partial charge is 0.357 e. The predicted molar refractivity (Wildman–Crippen MR) is 105 cm³/mol.